The molecular weight excluding hydrogens is 386 g/mol. The number of nitrogens with zero attached hydrogens (tertiary/aromatic N) is 2. The second kappa shape index (κ2) is 6.77. The Hall–Kier alpha value is -2.07. The van der Waals surface area contributed by atoms with Gasteiger partial charge in [-0.2, -0.15) is 13.2 Å². The fourth-order valence-electron chi connectivity index (χ4n) is 4.27. The van der Waals surface area contributed by atoms with Gasteiger partial charge in [-0.1, -0.05) is 0 Å². The van der Waals surface area contributed by atoms with Crippen molar-refractivity contribution >= 4 is 0 Å². The van der Waals surface area contributed by atoms with Crippen molar-refractivity contribution in [1.82, 2.24) is 14.9 Å². The topological polar surface area (TPSA) is 57.9 Å². The molecule has 28 heavy (non-hydrogen) atoms. The lowest BCUT2D eigenvalue weighted by molar-refractivity contribution is -0.144. The van der Waals surface area contributed by atoms with Crippen molar-refractivity contribution in [3.8, 4) is 0 Å². The summed E-state index contributed by atoms with van der Waals surface area (Å²) in [6, 6.07) is 0.909. The second-order valence-corrected chi connectivity index (χ2v) is 7.44. The molecule has 1 aromatic carbocycles. The minimum atomic E-state index is -4.51. The minimum absolute atomic E-state index is 0.00320. The first-order valence-electron chi connectivity index (χ1n) is 8.92. The van der Waals surface area contributed by atoms with E-state index in [1.54, 1.807) is 0 Å². The predicted octanol–water partition coefficient (Wildman–Crippen LogP) is 3.83. The number of hydrogen-bond donors (Lipinski definition) is 2. The summed E-state index contributed by atoms with van der Waals surface area (Å²) in [6.07, 6.45) is -2.95. The maximum atomic E-state index is 14.1. The molecular formula is C18H18F6N4. The van der Waals surface area contributed by atoms with Crippen LogP contribution < -0.4 is 5.73 Å². The maximum absolute atomic E-state index is 14.1. The summed E-state index contributed by atoms with van der Waals surface area (Å²) in [7, 11) is 0. The standard InChI is InChI=1S/C18H18F6N4/c19-11-5-13(21)12(20)4-10(11)9-2-1-8(3-14(9)25)28-6-15-16(7-28)27-17(26-15)18(22,23)24/h4-5,8-9,14H,1-3,6-7,25H2,(H,26,27)/t8-,9+,14?/m0/s1. The Morgan fingerprint density at radius 3 is 2.39 bits per heavy atom. The summed E-state index contributed by atoms with van der Waals surface area (Å²) in [6.45, 7) is 0.587. The SMILES string of the molecule is NC1C[C@@H](N2Cc3nc(C(F)(F)F)[nH]c3C2)CC[C@@H]1c1cc(F)c(F)cc1F. The fraction of sp³-hybridized carbons (Fsp3) is 0.500. The molecule has 152 valence electrons. The molecule has 2 aromatic rings. The van der Waals surface area contributed by atoms with Gasteiger partial charge < -0.3 is 10.7 Å². The Morgan fingerprint density at radius 2 is 1.75 bits per heavy atom. The molecule has 0 spiro atoms. The van der Waals surface area contributed by atoms with Crippen molar-refractivity contribution in [2.45, 2.75) is 56.5 Å². The highest BCUT2D eigenvalue weighted by atomic mass is 19.4. The maximum Gasteiger partial charge on any atom is 0.449 e. The van der Waals surface area contributed by atoms with Crippen molar-refractivity contribution in [3.63, 3.8) is 0 Å². The number of rotatable bonds is 2. The number of nitrogens with two attached hydrogens (primary N) is 1. The van der Waals surface area contributed by atoms with Crippen LogP contribution in [0.2, 0.25) is 0 Å². The lowest BCUT2D eigenvalue weighted by atomic mass is 9.77. The normalized spacial score (nSPS) is 25.9. The first-order chi connectivity index (χ1) is 13.1. The van der Waals surface area contributed by atoms with E-state index in [4.69, 9.17) is 5.73 Å². The molecule has 3 N–H and O–H groups in total. The Labute approximate surface area is 156 Å². The van der Waals surface area contributed by atoms with Crippen LogP contribution in [0.5, 0.6) is 0 Å². The van der Waals surface area contributed by atoms with Crippen LogP contribution in [0.3, 0.4) is 0 Å². The molecule has 10 heteroatoms. The van der Waals surface area contributed by atoms with Gasteiger partial charge in [-0.25, -0.2) is 18.2 Å². The van der Waals surface area contributed by atoms with E-state index in [0.717, 1.165) is 6.07 Å². The van der Waals surface area contributed by atoms with Crippen LogP contribution in [0.25, 0.3) is 0 Å². The monoisotopic (exact) mass is 404 g/mol. The molecule has 2 heterocycles. The molecule has 1 aromatic heterocycles. The van der Waals surface area contributed by atoms with Gasteiger partial charge in [0.05, 0.1) is 11.4 Å². The van der Waals surface area contributed by atoms with E-state index in [0.29, 0.717) is 43.3 Å². The Bertz CT molecular complexity index is 869. The fourth-order valence-corrected chi connectivity index (χ4v) is 4.27. The van der Waals surface area contributed by atoms with E-state index in [2.05, 4.69) is 9.97 Å². The summed E-state index contributed by atoms with van der Waals surface area (Å²) in [5.74, 6) is -4.62. The molecule has 2 aliphatic rings. The van der Waals surface area contributed by atoms with Crippen LogP contribution in [0.15, 0.2) is 12.1 Å². The third kappa shape index (κ3) is 3.39. The molecule has 4 rings (SSSR count). The number of fused-ring (bicyclic) bond motifs is 1. The molecule has 1 unspecified atom stereocenters. The highest BCUT2D eigenvalue weighted by Gasteiger charge is 2.40. The van der Waals surface area contributed by atoms with E-state index in [9.17, 15) is 26.3 Å². The largest absolute Gasteiger partial charge is 0.449 e. The lowest BCUT2D eigenvalue weighted by Gasteiger charge is -2.38. The molecule has 0 amide bonds. The quantitative estimate of drug-likeness (QED) is 0.591. The van der Waals surface area contributed by atoms with Crippen LogP contribution in [0.4, 0.5) is 26.3 Å². The van der Waals surface area contributed by atoms with Crippen LogP contribution in [-0.4, -0.2) is 27.0 Å². The van der Waals surface area contributed by atoms with Gasteiger partial charge in [-0.15, -0.1) is 0 Å². The number of nitrogens with one attached hydrogen (secondary N) is 1. The van der Waals surface area contributed by atoms with Gasteiger partial charge in [0, 0.05) is 37.2 Å². The van der Waals surface area contributed by atoms with Gasteiger partial charge in [-0.05, 0) is 30.9 Å². The zero-order valence-electron chi connectivity index (χ0n) is 14.7. The summed E-state index contributed by atoms with van der Waals surface area (Å²) in [5, 5.41) is 0. The molecule has 1 aliphatic heterocycles. The van der Waals surface area contributed by atoms with Gasteiger partial charge in [0.1, 0.15) is 5.82 Å². The van der Waals surface area contributed by atoms with Crippen molar-refractivity contribution in [2.75, 3.05) is 0 Å². The molecule has 0 bridgehead atoms. The van der Waals surface area contributed by atoms with E-state index >= 15 is 0 Å². The summed E-state index contributed by atoms with van der Waals surface area (Å²) in [5.41, 5.74) is 7.08. The minimum Gasteiger partial charge on any atom is -0.337 e. The van der Waals surface area contributed by atoms with Gasteiger partial charge in [0.2, 0.25) is 5.82 Å². The molecule has 1 aliphatic carbocycles. The Balaban J connectivity index is 1.44. The number of H-pyrrole nitrogens is 1. The predicted molar refractivity (Wildman–Crippen MR) is 87.5 cm³/mol. The van der Waals surface area contributed by atoms with Crippen LogP contribution in [0.1, 0.15) is 48.0 Å². The van der Waals surface area contributed by atoms with Gasteiger partial charge in [-0.3, -0.25) is 4.90 Å². The summed E-state index contributed by atoms with van der Waals surface area (Å²) >= 11 is 0. The number of alkyl halides is 3. The number of benzene rings is 1. The van der Waals surface area contributed by atoms with Crippen molar-refractivity contribution in [1.29, 1.82) is 0 Å². The first kappa shape index (κ1) is 19.3. The van der Waals surface area contributed by atoms with Crippen molar-refractivity contribution < 1.29 is 26.3 Å². The Kier molecular flexibility index (Phi) is 4.65. The number of halogens is 6. The van der Waals surface area contributed by atoms with Crippen LogP contribution in [0, 0.1) is 17.5 Å². The zero-order valence-corrected chi connectivity index (χ0v) is 14.7. The number of aromatic amines is 1. The number of aromatic nitrogens is 2. The number of imidazole rings is 1. The van der Waals surface area contributed by atoms with E-state index in [1.807, 2.05) is 4.90 Å². The highest BCUT2D eigenvalue weighted by Crippen LogP contribution is 2.38. The summed E-state index contributed by atoms with van der Waals surface area (Å²) in [4.78, 5) is 7.96. The molecule has 0 radical (unpaired) electrons. The molecule has 1 fully saturated rings. The molecule has 1 saturated carbocycles. The Morgan fingerprint density at radius 1 is 1.04 bits per heavy atom. The molecule has 3 atom stereocenters. The van der Waals surface area contributed by atoms with Crippen molar-refractivity contribution in [3.05, 3.63) is 52.4 Å². The number of hydrogen-bond acceptors (Lipinski definition) is 3. The average molecular weight is 404 g/mol. The van der Waals surface area contributed by atoms with Gasteiger partial charge in [0.25, 0.3) is 0 Å². The van der Waals surface area contributed by atoms with E-state index < -0.39 is 41.4 Å². The highest BCUT2D eigenvalue weighted by molar-refractivity contribution is 5.27. The van der Waals surface area contributed by atoms with Gasteiger partial charge in [0.15, 0.2) is 11.6 Å². The third-order valence-corrected chi connectivity index (χ3v) is 5.67. The molecule has 4 nitrogen and oxygen atoms in total. The van der Waals surface area contributed by atoms with Crippen molar-refractivity contribution in [2.24, 2.45) is 5.73 Å². The lowest BCUT2D eigenvalue weighted by Crippen LogP contribution is -2.44. The van der Waals surface area contributed by atoms with Crippen LogP contribution >= 0.6 is 0 Å². The first-order valence-corrected chi connectivity index (χ1v) is 8.92. The summed E-state index contributed by atoms with van der Waals surface area (Å²) < 4.78 is 78.9. The second-order valence-electron chi connectivity index (χ2n) is 7.44. The van der Waals surface area contributed by atoms with E-state index in [1.165, 1.54) is 0 Å². The zero-order chi connectivity index (χ0) is 20.2. The third-order valence-electron chi connectivity index (χ3n) is 5.67. The smallest absolute Gasteiger partial charge is 0.337 e. The van der Waals surface area contributed by atoms with Crippen LogP contribution in [-0.2, 0) is 19.3 Å². The average Bonchev–Trinajstić information content (AvgIpc) is 3.17. The van der Waals surface area contributed by atoms with Gasteiger partial charge >= 0.3 is 6.18 Å². The van der Waals surface area contributed by atoms with E-state index in [-0.39, 0.29) is 18.2 Å². The molecule has 0 saturated heterocycles.